The van der Waals surface area contributed by atoms with Crippen LogP contribution in [0.25, 0.3) is 0 Å². The number of carbonyl (C=O) groups is 3. The zero-order valence-electron chi connectivity index (χ0n) is 29.0. The molecule has 1 aromatic heterocycles. The molecule has 5 saturated carbocycles. The SMILES string of the molecule is CCCCCc1occc1[C@H]1OC(=O)[C@H]2O[C@@]23[C@]2(C)[C@H](O)C(=O)[C@@H]4[C@@]56COC(=O)[C@H]7[C@@]8(CCC[C@@H]8CC8=CC[C@@]4(C)O[C@@]875)C[C@H](C[C@]13C)[C@@H]26. The van der Waals surface area contributed by atoms with Gasteiger partial charge in [0.25, 0.3) is 0 Å². The van der Waals surface area contributed by atoms with Crippen molar-refractivity contribution in [3.05, 3.63) is 35.3 Å². The minimum absolute atomic E-state index is 0.00773. The van der Waals surface area contributed by atoms with Crippen molar-refractivity contribution in [3.63, 3.8) is 0 Å². The minimum atomic E-state index is -1.38. The molecular formula is C40H48O9. The Morgan fingerprint density at radius 2 is 1.86 bits per heavy atom. The lowest BCUT2D eigenvalue weighted by molar-refractivity contribution is -0.280. The summed E-state index contributed by atoms with van der Waals surface area (Å²) in [7, 11) is 0. The highest BCUT2D eigenvalue weighted by atomic mass is 16.7. The van der Waals surface area contributed by atoms with E-state index in [1.54, 1.807) is 6.26 Å². The Labute approximate surface area is 286 Å². The minimum Gasteiger partial charge on any atom is -0.469 e. The van der Waals surface area contributed by atoms with Crippen LogP contribution in [0.1, 0.15) is 109 Å². The average molecular weight is 673 g/mol. The summed E-state index contributed by atoms with van der Waals surface area (Å²) in [6.07, 6.45) is 10.9. The van der Waals surface area contributed by atoms with Crippen molar-refractivity contribution in [2.45, 2.75) is 133 Å². The molecule has 15 atom stereocenters. The first-order chi connectivity index (χ1) is 23.4. The fourth-order valence-corrected chi connectivity index (χ4v) is 16.0. The van der Waals surface area contributed by atoms with Gasteiger partial charge in [0, 0.05) is 22.8 Å². The van der Waals surface area contributed by atoms with Crippen molar-refractivity contribution < 1.29 is 42.9 Å². The normalized spacial score (nSPS) is 56.5. The first kappa shape index (κ1) is 30.2. The highest BCUT2D eigenvalue weighted by Gasteiger charge is 2.96. The lowest BCUT2D eigenvalue weighted by Crippen LogP contribution is -2.80. The van der Waals surface area contributed by atoms with Gasteiger partial charge in [0.05, 0.1) is 29.1 Å². The van der Waals surface area contributed by atoms with Gasteiger partial charge in [-0.05, 0) is 86.7 Å². The van der Waals surface area contributed by atoms with Crippen molar-refractivity contribution in [2.24, 2.45) is 51.2 Å². The summed E-state index contributed by atoms with van der Waals surface area (Å²) in [5, 5.41) is 12.8. The molecule has 4 spiro atoms. The molecule has 0 aromatic carbocycles. The highest BCUT2D eigenvalue weighted by Crippen LogP contribution is 2.88. The molecule has 0 unspecified atom stereocenters. The number of ketones is 1. The fraction of sp³-hybridized carbons (Fsp3) is 0.775. The summed E-state index contributed by atoms with van der Waals surface area (Å²) in [5.74, 6) is -1.14. The van der Waals surface area contributed by atoms with Crippen LogP contribution in [0.4, 0.5) is 0 Å². The Kier molecular flexibility index (Phi) is 5.39. The van der Waals surface area contributed by atoms with Gasteiger partial charge in [-0.25, -0.2) is 4.79 Å². The first-order valence-electron chi connectivity index (χ1n) is 19.1. The summed E-state index contributed by atoms with van der Waals surface area (Å²) in [6, 6.07) is 1.95. The smallest absolute Gasteiger partial charge is 0.339 e. The predicted molar refractivity (Wildman–Crippen MR) is 171 cm³/mol. The number of aliphatic hydroxyl groups is 1. The van der Waals surface area contributed by atoms with Crippen LogP contribution in [0, 0.1) is 51.2 Å². The molecule has 5 bridgehead atoms. The topological polar surface area (TPSA) is 125 Å². The van der Waals surface area contributed by atoms with Crippen LogP contribution in [0.5, 0.6) is 0 Å². The second kappa shape index (κ2) is 8.75. The molecule has 49 heavy (non-hydrogen) atoms. The Morgan fingerprint density at radius 3 is 2.67 bits per heavy atom. The van der Waals surface area contributed by atoms with Gasteiger partial charge in [-0.3, -0.25) is 9.59 Å². The third-order valence-electron chi connectivity index (χ3n) is 17.1. The van der Waals surface area contributed by atoms with E-state index >= 15 is 4.79 Å². The zero-order chi connectivity index (χ0) is 33.7. The number of epoxide rings is 1. The van der Waals surface area contributed by atoms with E-state index in [-0.39, 0.29) is 35.6 Å². The molecule has 1 aromatic rings. The van der Waals surface area contributed by atoms with Gasteiger partial charge in [0.2, 0.25) is 0 Å². The number of cyclic esters (lactones) is 2. The number of fused-ring (bicyclic) bond motifs is 2. The standard InChI is InChI=1S/C40H48O9/c1-5-6-7-10-24-23(12-15-45-24)30-34(2)17-20-18-37-13-8-9-21(37)16-22-11-14-35(3)27-25(41)29(42)36(4,40(34)31(48-40)33(44)47-30)26(20)38(27)19-46-32(43)28(37)39(22,38)49-35/h11-12,15,20-21,26-31,42H,5-10,13-14,16-19H2,1-4H3/t20-,21+,26-,27-,28-,29+,30+,31+,34+,35+,36-,37-,38-,39-,40-/m0/s1. The number of aryl methyl sites for hydroxylation is 1. The molecule has 5 aliphatic carbocycles. The Morgan fingerprint density at radius 1 is 1.02 bits per heavy atom. The Balaban J connectivity index is 1.18. The summed E-state index contributed by atoms with van der Waals surface area (Å²) in [5.41, 5.74) is -4.10. The molecule has 262 valence electrons. The quantitative estimate of drug-likeness (QED) is 0.185. The summed E-state index contributed by atoms with van der Waals surface area (Å²) < 4.78 is 33.2. The van der Waals surface area contributed by atoms with Crippen LogP contribution in [-0.2, 0) is 39.8 Å². The average Bonchev–Trinajstić information content (AvgIpc) is 3.41. The monoisotopic (exact) mass is 672 g/mol. The van der Waals surface area contributed by atoms with Crippen LogP contribution in [0.2, 0.25) is 0 Å². The second-order valence-electron chi connectivity index (χ2n) is 18.6. The molecule has 11 rings (SSSR count). The number of furan rings is 1. The van der Waals surface area contributed by atoms with Gasteiger partial charge in [0.15, 0.2) is 11.9 Å². The molecule has 9 nitrogen and oxygen atoms in total. The number of hydrogen-bond acceptors (Lipinski definition) is 9. The number of carbonyl (C=O) groups excluding carboxylic acids is 3. The second-order valence-corrected chi connectivity index (χ2v) is 18.6. The Bertz CT molecular complexity index is 1780. The third kappa shape index (κ3) is 2.80. The summed E-state index contributed by atoms with van der Waals surface area (Å²) in [6.45, 7) is 8.51. The van der Waals surface area contributed by atoms with Gasteiger partial charge in [-0.1, -0.05) is 46.1 Å². The molecule has 0 amide bonds. The molecule has 5 aliphatic heterocycles. The fourth-order valence-electron chi connectivity index (χ4n) is 16.0. The van der Waals surface area contributed by atoms with E-state index < -0.39 is 69.2 Å². The van der Waals surface area contributed by atoms with E-state index in [4.69, 9.17) is 23.4 Å². The lowest BCUT2D eigenvalue weighted by Gasteiger charge is -2.70. The lowest BCUT2D eigenvalue weighted by atomic mass is 9.33. The molecule has 0 radical (unpaired) electrons. The number of ether oxygens (including phenoxy) is 4. The number of unbranched alkanes of at least 4 members (excludes halogenated alkanes) is 2. The van der Waals surface area contributed by atoms with Crippen LogP contribution in [-0.4, -0.2) is 58.4 Å². The summed E-state index contributed by atoms with van der Waals surface area (Å²) in [4.78, 5) is 43.8. The van der Waals surface area contributed by atoms with E-state index in [1.807, 2.05) is 19.9 Å². The molecule has 10 aliphatic rings. The highest BCUT2D eigenvalue weighted by molar-refractivity contribution is 5.93. The van der Waals surface area contributed by atoms with Crippen LogP contribution < -0.4 is 0 Å². The molecular weight excluding hydrogens is 624 g/mol. The number of esters is 2. The summed E-state index contributed by atoms with van der Waals surface area (Å²) >= 11 is 0. The largest absolute Gasteiger partial charge is 0.469 e. The van der Waals surface area contributed by atoms with E-state index in [0.29, 0.717) is 18.8 Å². The van der Waals surface area contributed by atoms with E-state index in [9.17, 15) is 14.7 Å². The maximum absolute atomic E-state index is 15.3. The molecule has 6 heterocycles. The maximum atomic E-state index is 15.3. The van der Waals surface area contributed by atoms with Gasteiger partial charge in [-0.2, -0.15) is 0 Å². The van der Waals surface area contributed by atoms with E-state index in [2.05, 4.69) is 19.9 Å². The van der Waals surface area contributed by atoms with Crippen molar-refractivity contribution in [1.29, 1.82) is 0 Å². The maximum Gasteiger partial charge on any atom is 0.339 e. The van der Waals surface area contributed by atoms with Crippen LogP contribution >= 0.6 is 0 Å². The van der Waals surface area contributed by atoms with Crippen molar-refractivity contribution >= 4 is 17.7 Å². The van der Waals surface area contributed by atoms with Crippen LogP contribution in [0.15, 0.2) is 28.4 Å². The van der Waals surface area contributed by atoms with Crippen molar-refractivity contribution in [3.8, 4) is 0 Å². The van der Waals surface area contributed by atoms with Gasteiger partial charge in [0.1, 0.15) is 35.8 Å². The van der Waals surface area contributed by atoms with Crippen molar-refractivity contribution in [1.82, 2.24) is 0 Å². The zero-order valence-corrected chi connectivity index (χ0v) is 29.0. The van der Waals surface area contributed by atoms with E-state index in [0.717, 1.165) is 69.1 Å². The number of Topliss-reactive ketones (excluding diaryl/α,β-unsaturated/α-hetero) is 1. The van der Waals surface area contributed by atoms with Gasteiger partial charge >= 0.3 is 11.9 Å². The third-order valence-corrected chi connectivity index (χ3v) is 17.1. The molecule has 4 saturated heterocycles. The van der Waals surface area contributed by atoms with Gasteiger partial charge < -0.3 is 28.5 Å². The van der Waals surface area contributed by atoms with Crippen molar-refractivity contribution in [2.75, 3.05) is 6.61 Å². The van der Waals surface area contributed by atoms with Crippen LogP contribution in [0.3, 0.4) is 0 Å². The predicted octanol–water partition coefficient (Wildman–Crippen LogP) is 5.57. The molecule has 9 fully saturated rings. The number of rotatable bonds is 5. The Hall–Kier alpha value is -2.49. The number of aliphatic hydroxyl groups excluding tert-OH is 1. The number of hydrogen-bond donors (Lipinski definition) is 1. The van der Waals surface area contributed by atoms with Gasteiger partial charge in [-0.15, -0.1) is 0 Å². The molecule has 9 heteroatoms. The van der Waals surface area contributed by atoms with E-state index in [1.165, 1.54) is 5.57 Å². The first-order valence-corrected chi connectivity index (χ1v) is 19.1. The molecule has 1 N–H and O–H groups in total.